The van der Waals surface area contributed by atoms with Crippen molar-refractivity contribution in [3.63, 3.8) is 0 Å². The van der Waals surface area contributed by atoms with Crippen LogP contribution in [0.3, 0.4) is 0 Å². The van der Waals surface area contributed by atoms with Gasteiger partial charge in [-0.3, -0.25) is 20.2 Å². The SMILES string of the molecule is Cc1ccc(-c2csc3nc(NC(=O)c4ccc(Cl)cc4[N+](=O)[O-])nn23)cc1. The van der Waals surface area contributed by atoms with E-state index in [4.69, 9.17) is 11.6 Å². The third kappa shape index (κ3) is 3.32. The first-order chi connectivity index (χ1) is 13.4. The molecule has 0 aliphatic carbocycles. The molecule has 0 aliphatic heterocycles. The molecule has 2 aromatic carbocycles. The molecule has 0 aliphatic rings. The molecule has 0 atom stereocenters. The van der Waals surface area contributed by atoms with Crippen molar-refractivity contribution in [1.82, 2.24) is 14.6 Å². The summed E-state index contributed by atoms with van der Waals surface area (Å²) in [5.74, 6) is -0.618. The number of halogens is 1. The summed E-state index contributed by atoms with van der Waals surface area (Å²) >= 11 is 7.17. The van der Waals surface area contributed by atoms with Gasteiger partial charge in [0.1, 0.15) is 5.56 Å². The van der Waals surface area contributed by atoms with Gasteiger partial charge in [-0.15, -0.1) is 16.4 Å². The lowest BCUT2D eigenvalue weighted by molar-refractivity contribution is -0.385. The summed E-state index contributed by atoms with van der Waals surface area (Å²) < 4.78 is 1.63. The van der Waals surface area contributed by atoms with Crippen molar-refractivity contribution in [2.45, 2.75) is 6.92 Å². The molecule has 0 radical (unpaired) electrons. The number of hydrogen-bond donors (Lipinski definition) is 1. The zero-order valence-electron chi connectivity index (χ0n) is 14.4. The lowest BCUT2D eigenvalue weighted by Gasteiger charge is -2.03. The molecular weight excluding hydrogens is 402 g/mol. The Hall–Kier alpha value is -3.30. The van der Waals surface area contributed by atoms with Gasteiger partial charge in [0, 0.05) is 22.0 Å². The number of amides is 1. The molecule has 8 nitrogen and oxygen atoms in total. The van der Waals surface area contributed by atoms with Gasteiger partial charge in [0.25, 0.3) is 17.5 Å². The van der Waals surface area contributed by atoms with Crippen LogP contribution in [0.25, 0.3) is 16.2 Å². The summed E-state index contributed by atoms with van der Waals surface area (Å²) in [6, 6.07) is 11.8. The number of anilines is 1. The van der Waals surface area contributed by atoms with Crippen molar-refractivity contribution >= 4 is 45.4 Å². The van der Waals surface area contributed by atoms with Crippen LogP contribution in [0.4, 0.5) is 11.6 Å². The molecule has 0 saturated carbocycles. The van der Waals surface area contributed by atoms with Crippen molar-refractivity contribution in [3.05, 3.63) is 74.1 Å². The molecule has 0 saturated heterocycles. The summed E-state index contributed by atoms with van der Waals surface area (Å²) in [7, 11) is 0. The maximum Gasteiger partial charge on any atom is 0.283 e. The predicted octanol–water partition coefficient (Wildman–Crippen LogP) is 4.58. The number of nitrogens with one attached hydrogen (secondary N) is 1. The lowest BCUT2D eigenvalue weighted by atomic mass is 10.1. The fraction of sp³-hybridized carbons (Fsp3) is 0.0556. The highest BCUT2D eigenvalue weighted by molar-refractivity contribution is 7.15. The Morgan fingerprint density at radius 1 is 1.25 bits per heavy atom. The molecule has 2 aromatic heterocycles. The number of thiazole rings is 1. The molecule has 1 amide bonds. The first kappa shape index (κ1) is 18.1. The summed E-state index contributed by atoms with van der Waals surface area (Å²) in [6.07, 6.45) is 0. The van der Waals surface area contributed by atoms with Gasteiger partial charge in [0.2, 0.25) is 4.96 Å². The van der Waals surface area contributed by atoms with E-state index in [1.165, 1.54) is 23.5 Å². The van der Waals surface area contributed by atoms with Crippen LogP contribution in [0.5, 0.6) is 0 Å². The molecule has 0 unspecified atom stereocenters. The number of nitro groups is 1. The van der Waals surface area contributed by atoms with Crippen LogP contribution in [0, 0.1) is 17.0 Å². The number of nitro benzene ring substituents is 1. The summed E-state index contributed by atoms with van der Waals surface area (Å²) in [4.78, 5) is 27.9. The second kappa shape index (κ2) is 7.02. The van der Waals surface area contributed by atoms with E-state index < -0.39 is 10.8 Å². The maximum absolute atomic E-state index is 12.5. The second-order valence-electron chi connectivity index (χ2n) is 5.99. The van der Waals surface area contributed by atoms with E-state index in [1.54, 1.807) is 4.52 Å². The minimum atomic E-state index is -0.682. The smallest absolute Gasteiger partial charge is 0.283 e. The molecule has 140 valence electrons. The molecule has 0 fully saturated rings. The van der Waals surface area contributed by atoms with Crippen LogP contribution in [0.15, 0.2) is 47.8 Å². The van der Waals surface area contributed by atoms with Crippen LogP contribution in [0.2, 0.25) is 5.02 Å². The van der Waals surface area contributed by atoms with Gasteiger partial charge in [-0.1, -0.05) is 41.4 Å². The number of carbonyl (C=O) groups is 1. The molecule has 4 rings (SSSR count). The van der Waals surface area contributed by atoms with Crippen molar-refractivity contribution in [2.24, 2.45) is 0 Å². The molecule has 0 bridgehead atoms. The van der Waals surface area contributed by atoms with E-state index in [2.05, 4.69) is 15.4 Å². The summed E-state index contributed by atoms with van der Waals surface area (Å²) in [6.45, 7) is 2.01. The van der Waals surface area contributed by atoms with Crippen LogP contribution in [-0.2, 0) is 0 Å². The highest BCUT2D eigenvalue weighted by Gasteiger charge is 2.22. The third-order valence-electron chi connectivity index (χ3n) is 4.06. The van der Waals surface area contributed by atoms with Crippen LogP contribution >= 0.6 is 22.9 Å². The number of rotatable bonds is 4. The average molecular weight is 414 g/mol. The Balaban J connectivity index is 1.65. The van der Waals surface area contributed by atoms with E-state index in [0.29, 0.717) is 4.96 Å². The quantitative estimate of drug-likeness (QED) is 0.389. The van der Waals surface area contributed by atoms with Gasteiger partial charge in [0.15, 0.2) is 0 Å². The number of aryl methyl sites for hydroxylation is 1. The number of hydrogen-bond acceptors (Lipinski definition) is 6. The van der Waals surface area contributed by atoms with E-state index in [9.17, 15) is 14.9 Å². The van der Waals surface area contributed by atoms with Crippen LogP contribution < -0.4 is 5.32 Å². The Bertz CT molecular complexity index is 1220. The molecular formula is C18H12ClN5O3S. The normalized spacial score (nSPS) is 10.9. The first-order valence-corrected chi connectivity index (χ1v) is 9.35. The molecule has 10 heteroatoms. The molecule has 28 heavy (non-hydrogen) atoms. The minimum absolute atomic E-state index is 0.0643. The fourth-order valence-electron chi connectivity index (χ4n) is 2.67. The average Bonchev–Trinajstić information content (AvgIpc) is 3.22. The van der Waals surface area contributed by atoms with Gasteiger partial charge in [-0.2, -0.15) is 4.98 Å². The molecule has 2 heterocycles. The topological polar surface area (TPSA) is 102 Å². The van der Waals surface area contributed by atoms with Crippen LogP contribution in [0.1, 0.15) is 15.9 Å². The van der Waals surface area contributed by atoms with Gasteiger partial charge >= 0.3 is 0 Å². The van der Waals surface area contributed by atoms with Crippen molar-refractivity contribution in [2.75, 3.05) is 5.32 Å². The Morgan fingerprint density at radius 2 is 2.00 bits per heavy atom. The van der Waals surface area contributed by atoms with Crippen molar-refractivity contribution in [3.8, 4) is 11.3 Å². The standard InChI is InChI=1S/C18H12ClN5O3S/c1-10-2-4-11(5-3-10)15-9-28-18-21-17(22-23(15)18)20-16(25)13-7-6-12(19)8-14(13)24(26)27/h2-9H,1H3,(H,20,22,25). The van der Waals surface area contributed by atoms with E-state index in [0.717, 1.165) is 22.9 Å². The second-order valence-corrected chi connectivity index (χ2v) is 7.26. The van der Waals surface area contributed by atoms with E-state index >= 15 is 0 Å². The summed E-state index contributed by atoms with van der Waals surface area (Å²) in [5, 5.41) is 20.1. The zero-order chi connectivity index (χ0) is 19.8. The van der Waals surface area contributed by atoms with Gasteiger partial charge in [0.05, 0.1) is 10.6 Å². The van der Waals surface area contributed by atoms with Crippen LogP contribution in [-0.4, -0.2) is 25.4 Å². The Morgan fingerprint density at radius 3 is 2.71 bits per heavy atom. The fourth-order valence-corrected chi connectivity index (χ4v) is 3.67. The van der Waals surface area contributed by atoms with Gasteiger partial charge in [-0.25, -0.2) is 4.52 Å². The molecule has 4 aromatic rings. The van der Waals surface area contributed by atoms with E-state index in [1.807, 2.05) is 36.6 Å². The van der Waals surface area contributed by atoms with E-state index in [-0.39, 0.29) is 22.2 Å². The predicted molar refractivity (Wildman–Crippen MR) is 107 cm³/mol. The summed E-state index contributed by atoms with van der Waals surface area (Å²) in [5.41, 5.74) is 2.45. The Labute approximate surface area is 167 Å². The first-order valence-electron chi connectivity index (χ1n) is 8.09. The monoisotopic (exact) mass is 413 g/mol. The number of aromatic nitrogens is 3. The maximum atomic E-state index is 12.5. The third-order valence-corrected chi connectivity index (χ3v) is 5.11. The highest BCUT2D eigenvalue weighted by atomic mass is 35.5. The number of benzene rings is 2. The lowest BCUT2D eigenvalue weighted by Crippen LogP contribution is -2.15. The zero-order valence-corrected chi connectivity index (χ0v) is 16.0. The largest absolute Gasteiger partial charge is 0.289 e. The number of carbonyl (C=O) groups excluding carboxylic acids is 1. The molecule has 0 spiro atoms. The highest BCUT2D eigenvalue weighted by Crippen LogP contribution is 2.27. The molecule has 1 N–H and O–H groups in total. The minimum Gasteiger partial charge on any atom is -0.289 e. The number of nitrogens with zero attached hydrogens (tertiary/aromatic N) is 4. The van der Waals surface area contributed by atoms with Crippen molar-refractivity contribution in [1.29, 1.82) is 0 Å². The Kier molecular flexibility index (Phi) is 4.54. The van der Waals surface area contributed by atoms with Gasteiger partial charge in [-0.05, 0) is 19.1 Å². The van der Waals surface area contributed by atoms with Crippen molar-refractivity contribution < 1.29 is 9.72 Å². The number of fused-ring (bicyclic) bond motifs is 1. The van der Waals surface area contributed by atoms with Gasteiger partial charge < -0.3 is 0 Å².